The van der Waals surface area contributed by atoms with Gasteiger partial charge in [0.2, 0.25) is 0 Å². The standard InChI is InChI=1S/C18H21N3/c1-2-4-18-16(3-1)11-20-17(15-5-6-15)13-21(18)12-14-7-9-19-10-8-14/h1-4,7-10,15,17,20H,5-6,11-13H2. The highest BCUT2D eigenvalue weighted by molar-refractivity contribution is 5.55. The van der Waals surface area contributed by atoms with E-state index in [0.29, 0.717) is 6.04 Å². The lowest BCUT2D eigenvalue weighted by atomic mass is 10.1. The van der Waals surface area contributed by atoms with Crippen LogP contribution in [0.15, 0.2) is 48.8 Å². The number of hydrogen-bond acceptors (Lipinski definition) is 3. The molecule has 1 unspecified atom stereocenters. The first-order chi connectivity index (χ1) is 10.4. The van der Waals surface area contributed by atoms with E-state index in [-0.39, 0.29) is 0 Å². The van der Waals surface area contributed by atoms with Crippen molar-refractivity contribution in [3.8, 4) is 0 Å². The first-order valence-electron chi connectivity index (χ1n) is 7.85. The number of fused-ring (bicyclic) bond motifs is 1. The molecule has 0 bridgehead atoms. The van der Waals surface area contributed by atoms with Crippen LogP contribution in [0.25, 0.3) is 0 Å². The van der Waals surface area contributed by atoms with Crippen molar-refractivity contribution in [2.45, 2.75) is 32.0 Å². The van der Waals surface area contributed by atoms with Gasteiger partial charge >= 0.3 is 0 Å². The predicted octanol–water partition coefficient (Wildman–Crippen LogP) is 2.97. The van der Waals surface area contributed by atoms with E-state index in [9.17, 15) is 0 Å². The number of nitrogens with one attached hydrogen (secondary N) is 1. The number of pyridine rings is 1. The van der Waals surface area contributed by atoms with Gasteiger partial charge in [-0.1, -0.05) is 18.2 Å². The topological polar surface area (TPSA) is 28.2 Å². The van der Waals surface area contributed by atoms with E-state index in [1.807, 2.05) is 12.4 Å². The zero-order valence-electron chi connectivity index (χ0n) is 12.2. The lowest BCUT2D eigenvalue weighted by Gasteiger charge is -2.28. The summed E-state index contributed by atoms with van der Waals surface area (Å²) >= 11 is 0. The third kappa shape index (κ3) is 2.79. The zero-order valence-corrected chi connectivity index (χ0v) is 12.2. The van der Waals surface area contributed by atoms with E-state index in [2.05, 4.69) is 51.6 Å². The third-order valence-electron chi connectivity index (χ3n) is 4.62. The van der Waals surface area contributed by atoms with E-state index in [1.54, 1.807) is 0 Å². The molecule has 3 nitrogen and oxygen atoms in total. The van der Waals surface area contributed by atoms with Gasteiger partial charge in [-0.25, -0.2) is 0 Å². The quantitative estimate of drug-likeness (QED) is 0.936. The van der Waals surface area contributed by atoms with E-state index in [0.717, 1.165) is 25.6 Å². The molecule has 1 aromatic heterocycles. The molecule has 2 heterocycles. The maximum atomic E-state index is 4.12. The van der Waals surface area contributed by atoms with Gasteiger partial charge in [0.1, 0.15) is 0 Å². The molecule has 0 radical (unpaired) electrons. The molecule has 1 N–H and O–H groups in total. The molecule has 2 aliphatic rings. The number of benzene rings is 1. The molecule has 2 aromatic rings. The van der Waals surface area contributed by atoms with Crippen LogP contribution < -0.4 is 10.2 Å². The predicted molar refractivity (Wildman–Crippen MR) is 85.1 cm³/mol. The van der Waals surface area contributed by atoms with Gasteiger partial charge in [-0.15, -0.1) is 0 Å². The Hall–Kier alpha value is -1.87. The van der Waals surface area contributed by atoms with Crippen LogP contribution in [0, 0.1) is 5.92 Å². The van der Waals surface area contributed by atoms with Crippen LogP contribution in [-0.4, -0.2) is 17.6 Å². The first-order valence-corrected chi connectivity index (χ1v) is 7.85. The molecule has 1 aliphatic heterocycles. The highest BCUT2D eigenvalue weighted by atomic mass is 15.2. The molecule has 1 aliphatic carbocycles. The fraction of sp³-hybridized carbons (Fsp3) is 0.389. The first kappa shape index (κ1) is 12.8. The van der Waals surface area contributed by atoms with Crippen LogP contribution in [0.5, 0.6) is 0 Å². The monoisotopic (exact) mass is 279 g/mol. The summed E-state index contributed by atoms with van der Waals surface area (Å²) in [5.74, 6) is 0.874. The Morgan fingerprint density at radius 3 is 2.71 bits per heavy atom. The van der Waals surface area contributed by atoms with Crippen molar-refractivity contribution in [2.75, 3.05) is 11.4 Å². The van der Waals surface area contributed by atoms with Crippen LogP contribution in [0.3, 0.4) is 0 Å². The summed E-state index contributed by atoms with van der Waals surface area (Å²) in [4.78, 5) is 6.66. The van der Waals surface area contributed by atoms with Gasteiger partial charge in [0, 0.05) is 43.8 Å². The zero-order chi connectivity index (χ0) is 14.1. The normalized spacial score (nSPS) is 21.7. The minimum absolute atomic E-state index is 0.624. The largest absolute Gasteiger partial charge is 0.365 e. The van der Waals surface area contributed by atoms with E-state index >= 15 is 0 Å². The van der Waals surface area contributed by atoms with Gasteiger partial charge in [-0.05, 0) is 48.1 Å². The van der Waals surface area contributed by atoms with Crippen molar-refractivity contribution in [2.24, 2.45) is 5.92 Å². The van der Waals surface area contributed by atoms with Crippen molar-refractivity contribution in [3.63, 3.8) is 0 Å². The van der Waals surface area contributed by atoms with E-state index in [1.165, 1.54) is 29.7 Å². The van der Waals surface area contributed by atoms with Gasteiger partial charge in [0.05, 0.1) is 0 Å². The van der Waals surface area contributed by atoms with Crippen molar-refractivity contribution >= 4 is 5.69 Å². The summed E-state index contributed by atoms with van der Waals surface area (Å²) in [7, 11) is 0. The molecule has 4 rings (SSSR count). The second-order valence-electron chi connectivity index (χ2n) is 6.19. The molecule has 1 fully saturated rings. The number of rotatable bonds is 3. The van der Waals surface area contributed by atoms with Gasteiger partial charge < -0.3 is 10.2 Å². The number of anilines is 1. The Morgan fingerprint density at radius 1 is 1.10 bits per heavy atom. The van der Waals surface area contributed by atoms with Crippen molar-refractivity contribution in [1.82, 2.24) is 10.3 Å². The lowest BCUT2D eigenvalue weighted by Crippen LogP contribution is -2.39. The molecule has 0 saturated heterocycles. The highest BCUT2D eigenvalue weighted by Crippen LogP contribution is 2.36. The van der Waals surface area contributed by atoms with Crippen molar-refractivity contribution in [1.29, 1.82) is 0 Å². The summed E-state index contributed by atoms with van der Waals surface area (Å²) in [6.07, 6.45) is 6.54. The molecule has 0 spiro atoms. The van der Waals surface area contributed by atoms with Crippen molar-refractivity contribution in [3.05, 3.63) is 59.9 Å². The van der Waals surface area contributed by atoms with Crippen LogP contribution in [0.2, 0.25) is 0 Å². The Morgan fingerprint density at radius 2 is 1.90 bits per heavy atom. The van der Waals surface area contributed by atoms with E-state index in [4.69, 9.17) is 0 Å². The van der Waals surface area contributed by atoms with Gasteiger partial charge in [0.25, 0.3) is 0 Å². The average molecular weight is 279 g/mol. The highest BCUT2D eigenvalue weighted by Gasteiger charge is 2.34. The van der Waals surface area contributed by atoms with Crippen LogP contribution in [-0.2, 0) is 13.1 Å². The van der Waals surface area contributed by atoms with Crippen LogP contribution in [0.1, 0.15) is 24.0 Å². The summed E-state index contributed by atoms with van der Waals surface area (Å²) < 4.78 is 0. The van der Waals surface area contributed by atoms with Crippen LogP contribution >= 0.6 is 0 Å². The molecule has 108 valence electrons. The summed E-state index contributed by atoms with van der Waals surface area (Å²) in [6.45, 7) is 3.05. The van der Waals surface area contributed by atoms with Gasteiger partial charge in [0.15, 0.2) is 0 Å². The maximum Gasteiger partial charge on any atom is 0.0431 e. The number of para-hydroxylation sites is 1. The molecule has 21 heavy (non-hydrogen) atoms. The summed E-state index contributed by atoms with van der Waals surface area (Å²) in [6, 6.07) is 13.7. The fourth-order valence-electron chi connectivity index (χ4n) is 3.28. The smallest absolute Gasteiger partial charge is 0.0431 e. The number of aromatic nitrogens is 1. The van der Waals surface area contributed by atoms with Crippen molar-refractivity contribution < 1.29 is 0 Å². The molecule has 3 heteroatoms. The molecule has 0 amide bonds. The maximum absolute atomic E-state index is 4.12. The minimum Gasteiger partial charge on any atom is -0.365 e. The Bertz CT molecular complexity index is 607. The summed E-state index contributed by atoms with van der Waals surface area (Å²) in [5.41, 5.74) is 4.12. The Balaban J connectivity index is 1.63. The molecular formula is C18H21N3. The molecule has 1 saturated carbocycles. The second-order valence-corrected chi connectivity index (χ2v) is 6.19. The lowest BCUT2D eigenvalue weighted by molar-refractivity contribution is 0.467. The van der Waals surface area contributed by atoms with Crippen LogP contribution in [0.4, 0.5) is 5.69 Å². The molecule has 1 atom stereocenters. The molecular weight excluding hydrogens is 258 g/mol. The van der Waals surface area contributed by atoms with Gasteiger partial charge in [-0.2, -0.15) is 0 Å². The van der Waals surface area contributed by atoms with E-state index < -0.39 is 0 Å². The SMILES string of the molecule is c1ccc2c(c1)CNC(C1CC1)CN2Cc1ccncc1. The average Bonchev–Trinajstić information content (AvgIpc) is 3.36. The Kier molecular flexibility index (Phi) is 3.36. The molecule has 1 aromatic carbocycles. The number of hydrogen-bond donors (Lipinski definition) is 1. The van der Waals surface area contributed by atoms with Gasteiger partial charge in [-0.3, -0.25) is 4.98 Å². The minimum atomic E-state index is 0.624. The second kappa shape index (κ2) is 5.49. The third-order valence-corrected chi connectivity index (χ3v) is 4.62. The number of nitrogens with zero attached hydrogens (tertiary/aromatic N) is 2. The fourth-order valence-corrected chi connectivity index (χ4v) is 3.28. The Labute approximate surface area is 126 Å². The summed E-state index contributed by atoms with van der Waals surface area (Å²) in [5, 5.41) is 3.76.